The second kappa shape index (κ2) is 5.86. The summed E-state index contributed by atoms with van der Waals surface area (Å²) in [6.45, 7) is 5.72. The van der Waals surface area contributed by atoms with Crippen LogP contribution in [0.15, 0.2) is 6.20 Å². The highest BCUT2D eigenvalue weighted by Gasteiger charge is 2.14. The molecule has 94 valence electrons. The summed E-state index contributed by atoms with van der Waals surface area (Å²) in [5.41, 5.74) is 5.57. The summed E-state index contributed by atoms with van der Waals surface area (Å²) in [6, 6.07) is 0. The summed E-state index contributed by atoms with van der Waals surface area (Å²) in [4.78, 5) is 10.6. The second-order valence-corrected chi connectivity index (χ2v) is 5.93. The van der Waals surface area contributed by atoms with Gasteiger partial charge in [0.05, 0.1) is 9.88 Å². The minimum Gasteiger partial charge on any atom is -0.389 e. The van der Waals surface area contributed by atoms with Crippen molar-refractivity contribution in [1.29, 1.82) is 0 Å². The van der Waals surface area contributed by atoms with Crippen LogP contribution in [0.4, 0.5) is 0 Å². The van der Waals surface area contributed by atoms with Gasteiger partial charge in [-0.2, -0.15) is 0 Å². The van der Waals surface area contributed by atoms with E-state index in [1.165, 1.54) is 0 Å². The quantitative estimate of drug-likeness (QED) is 0.810. The van der Waals surface area contributed by atoms with E-state index in [-0.39, 0.29) is 0 Å². The van der Waals surface area contributed by atoms with Gasteiger partial charge in [-0.25, -0.2) is 4.98 Å². The minimum absolute atomic E-state index is 0.452. The average Bonchev–Trinajstić information content (AvgIpc) is 2.77. The maximum atomic E-state index is 5.57. The Morgan fingerprint density at radius 2 is 2.18 bits per heavy atom. The van der Waals surface area contributed by atoms with Crippen LogP contribution in [-0.2, 0) is 6.42 Å². The minimum atomic E-state index is 0.452. The first-order chi connectivity index (χ1) is 8.15. The summed E-state index contributed by atoms with van der Waals surface area (Å²) in [5.74, 6) is 0. The molecule has 1 aromatic heterocycles. The number of aromatic nitrogens is 1. The monoisotopic (exact) mass is 270 g/mol. The molecular formula is C11H18N4S2. The van der Waals surface area contributed by atoms with E-state index >= 15 is 0 Å². The molecule has 1 aromatic rings. The molecule has 0 aliphatic carbocycles. The van der Waals surface area contributed by atoms with Crippen LogP contribution in [-0.4, -0.2) is 59.5 Å². The number of thiazole rings is 1. The zero-order valence-electron chi connectivity index (χ0n) is 10.1. The molecule has 6 heteroatoms. The van der Waals surface area contributed by atoms with Crippen molar-refractivity contribution in [3.8, 4) is 0 Å². The van der Waals surface area contributed by atoms with E-state index in [2.05, 4.69) is 21.8 Å². The van der Waals surface area contributed by atoms with Crippen molar-refractivity contribution in [3.63, 3.8) is 0 Å². The summed E-state index contributed by atoms with van der Waals surface area (Å²) >= 11 is 6.55. The highest BCUT2D eigenvalue weighted by atomic mass is 32.1. The fourth-order valence-corrected chi connectivity index (χ4v) is 2.80. The predicted octanol–water partition coefficient (Wildman–Crippen LogP) is 0.567. The molecule has 2 N–H and O–H groups in total. The Kier molecular flexibility index (Phi) is 4.44. The van der Waals surface area contributed by atoms with Crippen LogP contribution in [0.3, 0.4) is 0 Å². The number of piperazine rings is 1. The van der Waals surface area contributed by atoms with Crippen molar-refractivity contribution in [1.82, 2.24) is 14.8 Å². The van der Waals surface area contributed by atoms with E-state index in [0.717, 1.165) is 49.0 Å². The SMILES string of the molecule is CN1CCN(CCc2ncc(C(N)=S)s2)CC1. The fraction of sp³-hybridized carbons (Fsp3) is 0.636. The Balaban J connectivity index is 1.79. The summed E-state index contributed by atoms with van der Waals surface area (Å²) < 4.78 is 0. The molecule has 0 saturated carbocycles. The van der Waals surface area contributed by atoms with Crippen molar-refractivity contribution >= 4 is 28.5 Å². The third-order valence-corrected chi connectivity index (χ3v) is 4.47. The molecule has 4 nitrogen and oxygen atoms in total. The average molecular weight is 270 g/mol. The first-order valence-electron chi connectivity index (χ1n) is 5.80. The molecular weight excluding hydrogens is 252 g/mol. The van der Waals surface area contributed by atoms with Gasteiger partial charge in [-0.05, 0) is 7.05 Å². The third kappa shape index (κ3) is 3.70. The molecule has 0 amide bonds. The van der Waals surface area contributed by atoms with Crippen molar-refractivity contribution < 1.29 is 0 Å². The Hall–Kier alpha value is -0.560. The Bertz CT molecular complexity index is 383. The molecule has 0 spiro atoms. The van der Waals surface area contributed by atoms with Crippen LogP contribution < -0.4 is 5.73 Å². The molecule has 1 aliphatic rings. The van der Waals surface area contributed by atoms with Crippen LogP contribution >= 0.6 is 23.6 Å². The van der Waals surface area contributed by atoms with Crippen LogP contribution in [0.25, 0.3) is 0 Å². The van der Waals surface area contributed by atoms with Gasteiger partial charge < -0.3 is 15.5 Å². The molecule has 1 saturated heterocycles. The lowest BCUT2D eigenvalue weighted by Gasteiger charge is -2.32. The topological polar surface area (TPSA) is 45.4 Å². The Morgan fingerprint density at radius 1 is 1.47 bits per heavy atom. The van der Waals surface area contributed by atoms with Crippen molar-refractivity contribution in [2.24, 2.45) is 5.73 Å². The second-order valence-electron chi connectivity index (χ2n) is 4.38. The van der Waals surface area contributed by atoms with E-state index in [1.54, 1.807) is 17.5 Å². The molecule has 0 radical (unpaired) electrons. The lowest BCUT2D eigenvalue weighted by Crippen LogP contribution is -2.45. The number of nitrogens with two attached hydrogens (primary N) is 1. The number of likely N-dealkylation sites (N-methyl/N-ethyl adjacent to an activating group) is 1. The Labute approximate surface area is 111 Å². The molecule has 17 heavy (non-hydrogen) atoms. The van der Waals surface area contributed by atoms with Gasteiger partial charge in [0, 0.05) is 45.3 Å². The molecule has 0 aromatic carbocycles. The highest BCUT2D eigenvalue weighted by molar-refractivity contribution is 7.81. The van der Waals surface area contributed by atoms with Crippen LogP contribution in [0, 0.1) is 0 Å². The predicted molar refractivity (Wildman–Crippen MR) is 75.6 cm³/mol. The van der Waals surface area contributed by atoms with E-state index in [0.29, 0.717) is 4.99 Å². The zero-order valence-corrected chi connectivity index (χ0v) is 11.7. The normalized spacial score (nSPS) is 18.4. The number of nitrogens with zero attached hydrogens (tertiary/aromatic N) is 3. The zero-order chi connectivity index (χ0) is 12.3. The van der Waals surface area contributed by atoms with E-state index in [9.17, 15) is 0 Å². The number of hydrogen-bond acceptors (Lipinski definition) is 5. The van der Waals surface area contributed by atoms with Crippen LogP contribution in [0.5, 0.6) is 0 Å². The van der Waals surface area contributed by atoms with E-state index in [1.807, 2.05) is 0 Å². The number of hydrogen-bond donors (Lipinski definition) is 1. The molecule has 0 atom stereocenters. The van der Waals surface area contributed by atoms with Crippen molar-refractivity contribution in [3.05, 3.63) is 16.1 Å². The third-order valence-electron chi connectivity index (χ3n) is 3.03. The van der Waals surface area contributed by atoms with Gasteiger partial charge in [-0.3, -0.25) is 0 Å². The number of rotatable bonds is 4. The standard InChI is InChI=1S/C11H18N4S2/c1-14-4-6-15(7-5-14)3-2-10-13-8-9(17-10)11(12)16/h8H,2-7H2,1H3,(H2,12,16). The van der Waals surface area contributed by atoms with E-state index < -0.39 is 0 Å². The van der Waals surface area contributed by atoms with Crippen LogP contribution in [0.2, 0.25) is 0 Å². The molecule has 0 unspecified atom stereocenters. The van der Waals surface area contributed by atoms with Gasteiger partial charge in [0.25, 0.3) is 0 Å². The van der Waals surface area contributed by atoms with Gasteiger partial charge in [0.15, 0.2) is 0 Å². The van der Waals surface area contributed by atoms with Gasteiger partial charge in [0.2, 0.25) is 0 Å². The van der Waals surface area contributed by atoms with Gasteiger partial charge >= 0.3 is 0 Å². The number of thiocarbonyl (C=S) groups is 1. The molecule has 2 rings (SSSR count). The Morgan fingerprint density at radius 3 is 2.76 bits per heavy atom. The van der Waals surface area contributed by atoms with Crippen LogP contribution in [0.1, 0.15) is 9.88 Å². The molecule has 1 fully saturated rings. The van der Waals surface area contributed by atoms with Gasteiger partial charge in [-0.1, -0.05) is 12.2 Å². The smallest absolute Gasteiger partial charge is 0.115 e. The maximum Gasteiger partial charge on any atom is 0.115 e. The summed E-state index contributed by atoms with van der Waals surface area (Å²) in [7, 11) is 2.17. The lowest BCUT2D eigenvalue weighted by atomic mass is 10.3. The largest absolute Gasteiger partial charge is 0.389 e. The van der Waals surface area contributed by atoms with Gasteiger partial charge in [-0.15, -0.1) is 11.3 Å². The first-order valence-corrected chi connectivity index (χ1v) is 7.03. The summed E-state index contributed by atoms with van der Waals surface area (Å²) in [5, 5.41) is 1.13. The van der Waals surface area contributed by atoms with Gasteiger partial charge in [0.1, 0.15) is 4.99 Å². The lowest BCUT2D eigenvalue weighted by molar-refractivity contribution is 0.155. The van der Waals surface area contributed by atoms with E-state index in [4.69, 9.17) is 18.0 Å². The highest BCUT2D eigenvalue weighted by Crippen LogP contribution is 2.14. The molecule has 2 heterocycles. The van der Waals surface area contributed by atoms with Crippen molar-refractivity contribution in [2.45, 2.75) is 6.42 Å². The van der Waals surface area contributed by atoms with Crippen molar-refractivity contribution in [2.75, 3.05) is 39.8 Å². The molecule has 1 aliphatic heterocycles. The summed E-state index contributed by atoms with van der Waals surface area (Å²) in [6.07, 6.45) is 2.78. The first kappa shape index (κ1) is 12.9. The maximum absolute atomic E-state index is 5.57. The fourth-order valence-electron chi connectivity index (χ4n) is 1.86. The molecule has 0 bridgehead atoms.